The average molecular weight is 313 g/mol. The summed E-state index contributed by atoms with van der Waals surface area (Å²) in [6.07, 6.45) is 0. The molecule has 0 saturated carbocycles. The van der Waals surface area contributed by atoms with Crippen molar-refractivity contribution in [3.05, 3.63) is 61.9 Å². The molecule has 0 fully saturated rings. The Morgan fingerprint density at radius 3 is 2.75 bits per heavy atom. The normalized spacial score (nSPS) is 10.3. The van der Waals surface area contributed by atoms with Crippen molar-refractivity contribution in [2.24, 2.45) is 0 Å². The van der Waals surface area contributed by atoms with Crippen LogP contribution in [0, 0.1) is 17.0 Å². The number of aromatic nitrogens is 1. The zero-order chi connectivity index (χ0) is 14.7. The molecule has 2 rings (SSSR count). The van der Waals surface area contributed by atoms with Crippen LogP contribution in [0.1, 0.15) is 11.3 Å². The van der Waals surface area contributed by atoms with E-state index in [2.05, 4.69) is 4.98 Å². The third-order valence-electron chi connectivity index (χ3n) is 2.63. The molecule has 0 saturated heterocycles. The van der Waals surface area contributed by atoms with Gasteiger partial charge in [-0.15, -0.1) is 0 Å². The number of aryl methyl sites for hydroxylation is 1. The number of pyridine rings is 1. The molecule has 1 aromatic carbocycles. The molecular formula is C13H10Cl2N2O3. The van der Waals surface area contributed by atoms with Gasteiger partial charge in [0, 0.05) is 5.56 Å². The number of rotatable bonds is 4. The van der Waals surface area contributed by atoms with Gasteiger partial charge in [-0.05, 0) is 25.1 Å². The second-order valence-electron chi connectivity index (χ2n) is 4.03. The maximum absolute atomic E-state index is 11.0. The molecule has 1 heterocycles. The summed E-state index contributed by atoms with van der Waals surface area (Å²) < 4.78 is 5.45. The van der Waals surface area contributed by atoms with E-state index in [4.69, 9.17) is 27.9 Å². The largest absolute Gasteiger partial charge is 0.480 e. The smallest absolute Gasteiger partial charge is 0.313 e. The van der Waals surface area contributed by atoms with Gasteiger partial charge in [-0.2, -0.15) is 0 Å². The Hall–Kier alpha value is -1.85. The third kappa shape index (κ3) is 3.18. The van der Waals surface area contributed by atoms with Crippen LogP contribution >= 0.6 is 23.2 Å². The van der Waals surface area contributed by atoms with Gasteiger partial charge in [0.15, 0.2) is 5.75 Å². The van der Waals surface area contributed by atoms with Crippen LogP contribution in [0.2, 0.25) is 10.2 Å². The zero-order valence-corrected chi connectivity index (χ0v) is 12.0. The lowest BCUT2D eigenvalue weighted by Crippen LogP contribution is -2.02. The molecule has 2 aromatic rings. The topological polar surface area (TPSA) is 65.3 Å². The molecule has 0 aliphatic carbocycles. The van der Waals surface area contributed by atoms with E-state index in [1.54, 1.807) is 31.2 Å². The minimum Gasteiger partial charge on any atom is -0.480 e. The van der Waals surface area contributed by atoms with E-state index in [1.807, 2.05) is 0 Å². The molecule has 5 nitrogen and oxygen atoms in total. The Morgan fingerprint density at radius 2 is 2.05 bits per heavy atom. The lowest BCUT2D eigenvalue weighted by atomic mass is 10.2. The van der Waals surface area contributed by atoms with E-state index < -0.39 is 4.92 Å². The Bertz CT molecular complexity index is 662. The van der Waals surface area contributed by atoms with E-state index in [0.29, 0.717) is 16.3 Å². The first kappa shape index (κ1) is 14.6. The summed E-state index contributed by atoms with van der Waals surface area (Å²) in [6.45, 7) is 1.65. The highest BCUT2D eigenvalue weighted by Crippen LogP contribution is 2.31. The summed E-state index contributed by atoms with van der Waals surface area (Å²) in [5.41, 5.74) is 0.887. The molecule has 104 valence electrons. The number of nitrogens with zero attached hydrogens (tertiary/aromatic N) is 2. The number of ether oxygens (including phenoxy) is 1. The van der Waals surface area contributed by atoms with Gasteiger partial charge in [0.05, 0.1) is 15.6 Å². The zero-order valence-electron chi connectivity index (χ0n) is 10.5. The molecule has 1 aromatic heterocycles. The molecule has 0 unspecified atom stereocenters. The van der Waals surface area contributed by atoms with Crippen LogP contribution < -0.4 is 4.74 Å². The Balaban J connectivity index is 2.25. The Labute approximate surface area is 125 Å². The number of benzene rings is 1. The van der Waals surface area contributed by atoms with E-state index in [-0.39, 0.29) is 23.2 Å². The summed E-state index contributed by atoms with van der Waals surface area (Å²) in [4.78, 5) is 14.6. The SMILES string of the molecule is Cc1cccc(OCc2nc(Cl)ccc2Cl)c1[N+](=O)[O-]. The van der Waals surface area contributed by atoms with E-state index >= 15 is 0 Å². The second-order valence-corrected chi connectivity index (χ2v) is 4.82. The lowest BCUT2D eigenvalue weighted by Gasteiger charge is -2.09. The Morgan fingerprint density at radius 1 is 1.30 bits per heavy atom. The second kappa shape index (κ2) is 6.07. The van der Waals surface area contributed by atoms with Gasteiger partial charge in [0.1, 0.15) is 11.8 Å². The fourth-order valence-electron chi connectivity index (χ4n) is 1.69. The summed E-state index contributed by atoms with van der Waals surface area (Å²) in [5, 5.41) is 11.7. The van der Waals surface area contributed by atoms with Crippen LogP contribution in [0.25, 0.3) is 0 Å². The van der Waals surface area contributed by atoms with Crippen molar-refractivity contribution in [2.45, 2.75) is 13.5 Å². The molecule has 0 aliphatic rings. The van der Waals surface area contributed by atoms with Gasteiger partial charge in [0.2, 0.25) is 0 Å². The highest BCUT2D eigenvalue weighted by atomic mass is 35.5. The predicted octanol–water partition coefficient (Wildman–Crippen LogP) is 4.18. The first-order chi connectivity index (χ1) is 9.49. The van der Waals surface area contributed by atoms with Crippen LogP contribution in [-0.2, 0) is 6.61 Å². The van der Waals surface area contributed by atoms with E-state index in [1.165, 1.54) is 6.07 Å². The van der Waals surface area contributed by atoms with Crippen LogP contribution in [0.5, 0.6) is 5.75 Å². The van der Waals surface area contributed by atoms with Gasteiger partial charge in [0.25, 0.3) is 0 Å². The van der Waals surface area contributed by atoms with Crippen molar-refractivity contribution < 1.29 is 9.66 Å². The van der Waals surface area contributed by atoms with Crippen molar-refractivity contribution in [2.75, 3.05) is 0 Å². The molecular weight excluding hydrogens is 303 g/mol. The fourth-order valence-corrected chi connectivity index (χ4v) is 2.01. The molecule has 0 spiro atoms. The summed E-state index contributed by atoms with van der Waals surface area (Å²) in [6, 6.07) is 8.02. The minimum absolute atomic E-state index is 0.00366. The third-order valence-corrected chi connectivity index (χ3v) is 3.19. The number of nitro benzene ring substituents is 1. The number of para-hydroxylation sites is 1. The molecule has 0 amide bonds. The summed E-state index contributed by atoms with van der Waals surface area (Å²) in [7, 11) is 0. The highest BCUT2D eigenvalue weighted by Gasteiger charge is 2.18. The van der Waals surface area contributed by atoms with Crippen molar-refractivity contribution in [1.82, 2.24) is 4.98 Å². The van der Waals surface area contributed by atoms with Crippen LogP contribution in [0.4, 0.5) is 5.69 Å². The maximum Gasteiger partial charge on any atom is 0.313 e. The fraction of sp³-hybridized carbons (Fsp3) is 0.154. The van der Waals surface area contributed by atoms with Crippen molar-refractivity contribution in [3.63, 3.8) is 0 Å². The molecule has 0 bridgehead atoms. The van der Waals surface area contributed by atoms with E-state index in [0.717, 1.165) is 0 Å². The average Bonchev–Trinajstić information content (AvgIpc) is 2.39. The molecule has 20 heavy (non-hydrogen) atoms. The Kier molecular flexibility index (Phi) is 4.42. The lowest BCUT2D eigenvalue weighted by molar-refractivity contribution is -0.386. The number of hydrogen-bond donors (Lipinski definition) is 0. The molecule has 0 radical (unpaired) electrons. The summed E-state index contributed by atoms with van der Waals surface area (Å²) >= 11 is 11.7. The maximum atomic E-state index is 11.0. The first-order valence-electron chi connectivity index (χ1n) is 5.66. The highest BCUT2D eigenvalue weighted by molar-refractivity contribution is 6.32. The van der Waals surface area contributed by atoms with Gasteiger partial charge in [-0.25, -0.2) is 4.98 Å². The molecule has 0 N–H and O–H groups in total. The monoisotopic (exact) mass is 312 g/mol. The van der Waals surface area contributed by atoms with Gasteiger partial charge in [-0.1, -0.05) is 35.3 Å². The van der Waals surface area contributed by atoms with Gasteiger partial charge < -0.3 is 4.74 Å². The van der Waals surface area contributed by atoms with Gasteiger partial charge >= 0.3 is 5.69 Å². The van der Waals surface area contributed by atoms with Crippen LogP contribution in [0.3, 0.4) is 0 Å². The predicted molar refractivity (Wildman–Crippen MR) is 76.4 cm³/mol. The van der Waals surface area contributed by atoms with Crippen LogP contribution in [-0.4, -0.2) is 9.91 Å². The quantitative estimate of drug-likeness (QED) is 0.482. The first-order valence-corrected chi connectivity index (χ1v) is 6.42. The van der Waals surface area contributed by atoms with Crippen molar-refractivity contribution in [1.29, 1.82) is 0 Å². The number of hydrogen-bond acceptors (Lipinski definition) is 4. The minimum atomic E-state index is -0.475. The van der Waals surface area contributed by atoms with Crippen LogP contribution in [0.15, 0.2) is 30.3 Å². The van der Waals surface area contributed by atoms with Crippen molar-refractivity contribution in [3.8, 4) is 5.75 Å². The number of nitro groups is 1. The van der Waals surface area contributed by atoms with Gasteiger partial charge in [-0.3, -0.25) is 10.1 Å². The van der Waals surface area contributed by atoms with Crippen molar-refractivity contribution >= 4 is 28.9 Å². The summed E-state index contributed by atoms with van der Waals surface area (Å²) in [5.74, 6) is 0.174. The standard InChI is InChI=1S/C13H10Cl2N2O3/c1-8-3-2-4-11(13(8)17(18)19)20-7-10-9(14)5-6-12(15)16-10/h2-6H,7H2,1H3. The molecule has 0 atom stereocenters. The molecule has 7 heteroatoms. The van der Waals surface area contributed by atoms with E-state index in [9.17, 15) is 10.1 Å². The number of halogens is 2. The molecule has 0 aliphatic heterocycles.